The molecule has 0 radical (unpaired) electrons. The molecule has 2 aromatic carbocycles. The van der Waals surface area contributed by atoms with E-state index in [1.165, 1.54) is 15.6 Å². The zero-order valence-electron chi connectivity index (χ0n) is 16.5. The number of carbonyl (C=O) groups excluding carboxylic acids is 1. The predicted molar refractivity (Wildman–Crippen MR) is 115 cm³/mol. The molecular weight excluding hydrogens is 410 g/mol. The number of fused-ring (bicyclic) bond motifs is 1. The Balaban J connectivity index is 1.73. The van der Waals surface area contributed by atoms with Crippen LogP contribution in [-0.4, -0.2) is 43.3 Å². The summed E-state index contributed by atoms with van der Waals surface area (Å²) in [5.41, 5.74) is 1.57. The molecule has 1 N–H and O–H groups in total. The Morgan fingerprint density at radius 2 is 1.90 bits per heavy atom. The van der Waals surface area contributed by atoms with E-state index in [0.29, 0.717) is 34.2 Å². The van der Waals surface area contributed by atoms with Crippen LogP contribution in [-0.2, 0) is 14.8 Å². The van der Waals surface area contributed by atoms with Crippen LogP contribution in [0.1, 0.15) is 19.4 Å². The number of anilines is 1. The molecule has 0 spiro atoms. The molecule has 3 rings (SSSR count). The molecule has 0 aliphatic rings. The van der Waals surface area contributed by atoms with Gasteiger partial charge in [0.05, 0.1) is 15.1 Å². The number of benzene rings is 2. The fourth-order valence-electron chi connectivity index (χ4n) is 2.85. The summed E-state index contributed by atoms with van der Waals surface area (Å²) >= 11 is 1.23. The van der Waals surface area contributed by atoms with Crippen molar-refractivity contribution < 1.29 is 17.9 Å². The smallest absolute Gasteiger partial charge is 0.264 e. The highest BCUT2D eigenvalue weighted by atomic mass is 32.2. The summed E-state index contributed by atoms with van der Waals surface area (Å²) in [4.78, 5) is 16.8. The number of sulfonamides is 1. The second kappa shape index (κ2) is 8.89. The average Bonchev–Trinajstić information content (AvgIpc) is 3.09. The highest BCUT2D eigenvalue weighted by Gasteiger charge is 2.22. The van der Waals surface area contributed by atoms with Crippen molar-refractivity contribution in [2.24, 2.45) is 0 Å². The zero-order chi connectivity index (χ0) is 21.0. The number of aromatic nitrogens is 1. The average molecular weight is 434 g/mol. The maximum atomic E-state index is 12.7. The summed E-state index contributed by atoms with van der Waals surface area (Å²) in [5, 5.41) is 3.11. The largest absolute Gasteiger partial charge is 0.483 e. The molecule has 0 bridgehead atoms. The Bertz CT molecular complexity index is 1120. The maximum absolute atomic E-state index is 12.7. The van der Waals surface area contributed by atoms with Crippen molar-refractivity contribution in [1.82, 2.24) is 9.29 Å². The van der Waals surface area contributed by atoms with Crippen LogP contribution in [0.2, 0.25) is 0 Å². The number of para-hydroxylation sites is 1. The first-order valence-corrected chi connectivity index (χ1v) is 11.5. The second-order valence-electron chi connectivity index (χ2n) is 6.34. The summed E-state index contributed by atoms with van der Waals surface area (Å²) in [5.74, 6) is 0.321. The second-order valence-corrected chi connectivity index (χ2v) is 9.31. The molecular formula is C20H23N3O4S2. The number of ether oxygens (including phenoxy) is 1. The number of thiazole rings is 1. The van der Waals surface area contributed by atoms with Crippen LogP contribution in [0, 0.1) is 6.92 Å². The van der Waals surface area contributed by atoms with Gasteiger partial charge < -0.3 is 4.74 Å². The van der Waals surface area contributed by atoms with Crippen molar-refractivity contribution >= 4 is 42.6 Å². The number of carbonyl (C=O) groups is 1. The Morgan fingerprint density at radius 1 is 1.17 bits per heavy atom. The third kappa shape index (κ3) is 4.75. The molecule has 0 aliphatic heterocycles. The van der Waals surface area contributed by atoms with E-state index in [1.807, 2.05) is 25.1 Å². The summed E-state index contributed by atoms with van der Waals surface area (Å²) in [6, 6.07) is 12.3. The third-order valence-electron chi connectivity index (χ3n) is 4.40. The molecule has 0 atom stereocenters. The quantitative estimate of drug-likeness (QED) is 0.586. The first kappa shape index (κ1) is 21.2. The van der Waals surface area contributed by atoms with Crippen LogP contribution in [0.5, 0.6) is 5.75 Å². The van der Waals surface area contributed by atoms with Gasteiger partial charge in [0, 0.05) is 13.1 Å². The number of hydrogen-bond donors (Lipinski definition) is 1. The highest BCUT2D eigenvalue weighted by molar-refractivity contribution is 7.89. The van der Waals surface area contributed by atoms with Gasteiger partial charge in [-0.15, -0.1) is 0 Å². The lowest BCUT2D eigenvalue weighted by molar-refractivity contribution is -0.118. The highest BCUT2D eigenvalue weighted by Crippen LogP contribution is 2.29. The van der Waals surface area contributed by atoms with Gasteiger partial charge in [-0.2, -0.15) is 4.31 Å². The van der Waals surface area contributed by atoms with Crippen molar-refractivity contribution in [3.63, 3.8) is 0 Å². The molecule has 1 heterocycles. The topological polar surface area (TPSA) is 88.6 Å². The Labute approximate surface area is 174 Å². The van der Waals surface area contributed by atoms with Gasteiger partial charge >= 0.3 is 0 Å². The Morgan fingerprint density at radius 3 is 2.59 bits per heavy atom. The summed E-state index contributed by atoms with van der Waals surface area (Å²) in [6.45, 7) is 6.19. The van der Waals surface area contributed by atoms with Crippen LogP contribution < -0.4 is 10.1 Å². The van der Waals surface area contributed by atoms with Crippen molar-refractivity contribution in [2.45, 2.75) is 25.7 Å². The number of rotatable bonds is 8. The fraction of sp³-hybridized carbons (Fsp3) is 0.300. The molecule has 29 heavy (non-hydrogen) atoms. The van der Waals surface area contributed by atoms with Gasteiger partial charge in [0.25, 0.3) is 5.91 Å². The van der Waals surface area contributed by atoms with Gasteiger partial charge in [-0.3, -0.25) is 10.1 Å². The monoisotopic (exact) mass is 433 g/mol. The summed E-state index contributed by atoms with van der Waals surface area (Å²) in [6.07, 6.45) is 0. The first-order valence-electron chi connectivity index (χ1n) is 9.24. The normalized spacial score (nSPS) is 11.7. The molecule has 154 valence electrons. The van der Waals surface area contributed by atoms with Crippen molar-refractivity contribution in [3.8, 4) is 5.75 Å². The minimum atomic E-state index is -3.54. The number of hydrogen-bond acceptors (Lipinski definition) is 6. The number of amides is 1. The maximum Gasteiger partial charge on any atom is 0.264 e. The van der Waals surface area contributed by atoms with E-state index < -0.39 is 10.0 Å². The van der Waals surface area contributed by atoms with Gasteiger partial charge in [0.15, 0.2) is 11.7 Å². The Kier molecular flexibility index (Phi) is 6.51. The van der Waals surface area contributed by atoms with Gasteiger partial charge in [-0.25, -0.2) is 13.4 Å². The van der Waals surface area contributed by atoms with Crippen molar-refractivity contribution in [2.75, 3.05) is 25.0 Å². The molecule has 0 fully saturated rings. The van der Waals surface area contributed by atoms with E-state index >= 15 is 0 Å². The number of aryl methyl sites for hydroxylation is 1. The standard InChI is InChI=1S/C20H23N3O4S2/c1-4-23(5-2)29(25,26)15-10-11-16-18(12-15)28-20(21-16)22-19(24)13-27-17-9-7-6-8-14(17)3/h6-12H,4-5,13H2,1-3H3,(H,21,22,24). The van der Waals surface area contributed by atoms with Crippen LogP contribution in [0.15, 0.2) is 47.4 Å². The van der Waals surface area contributed by atoms with E-state index in [9.17, 15) is 13.2 Å². The van der Waals surface area contributed by atoms with E-state index in [2.05, 4.69) is 10.3 Å². The number of nitrogens with zero attached hydrogens (tertiary/aromatic N) is 2. The van der Waals surface area contributed by atoms with Crippen LogP contribution >= 0.6 is 11.3 Å². The fourth-order valence-corrected chi connectivity index (χ4v) is 5.33. The number of nitrogens with one attached hydrogen (secondary N) is 1. The zero-order valence-corrected chi connectivity index (χ0v) is 18.1. The van der Waals surface area contributed by atoms with E-state index in [1.54, 1.807) is 38.1 Å². The first-order chi connectivity index (χ1) is 13.8. The van der Waals surface area contributed by atoms with E-state index in [-0.39, 0.29) is 17.4 Å². The molecule has 1 amide bonds. The summed E-state index contributed by atoms with van der Waals surface area (Å²) < 4.78 is 33.0. The Hall–Kier alpha value is -2.49. The SMILES string of the molecule is CCN(CC)S(=O)(=O)c1ccc2nc(NC(=O)COc3ccccc3C)sc2c1. The van der Waals surface area contributed by atoms with Crippen LogP contribution in [0.3, 0.4) is 0 Å². The molecule has 3 aromatic rings. The van der Waals surface area contributed by atoms with Gasteiger partial charge in [-0.1, -0.05) is 43.4 Å². The minimum absolute atomic E-state index is 0.137. The third-order valence-corrected chi connectivity index (χ3v) is 7.38. The lowest BCUT2D eigenvalue weighted by Crippen LogP contribution is -2.30. The predicted octanol–water partition coefficient (Wildman–Crippen LogP) is 3.65. The van der Waals surface area contributed by atoms with Gasteiger partial charge in [0.2, 0.25) is 10.0 Å². The molecule has 7 nitrogen and oxygen atoms in total. The van der Waals surface area contributed by atoms with Crippen molar-refractivity contribution in [3.05, 3.63) is 48.0 Å². The minimum Gasteiger partial charge on any atom is -0.483 e. The lowest BCUT2D eigenvalue weighted by atomic mass is 10.2. The molecule has 0 unspecified atom stereocenters. The van der Waals surface area contributed by atoms with E-state index in [0.717, 1.165) is 5.56 Å². The van der Waals surface area contributed by atoms with Crippen LogP contribution in [0.4, 0.5) is 5.13 Å². The molecule has 1 aromatic heterocycles. The molecule has 0 aliphatic carbocycles. The van der Waals surface area contributed by atoms with Crippen molar-refractivity contribution in [1.29, 1.82) is 0 Å². The molecule has 0 saturated carbocycles. The summed E-state index contributed by atoms with van der Waals surface area (Å²) in [7, 11) is -3.54. The molecule has 9 heteroatoms. The van der Waals surface area contributed by atoms with Crippen LogP contribution in [0.25, 0.3) is 10.2 Å². The molecule has 0 saturated heterocycles. The lowest BCUT2D eigenvalue weighted by Gasteiger charge is -2.18. The van der Waals surface area contributed by atoms with Gasteiger partial charge in [-0.05, 0) is 36.8 Å². The van der Waals surface area contributed by atoms with Gasteiger partial charge in [0.1, 0.15) is 5.75 Å². The van der Waals surface area contributed by atoms with E-state index in [4.69, 9.17) is 4.74 Å².